The number of nitrogens with one attached hydrogen (secondary N) is 3. The monoisotopic (exact) mass is 608 g/mol. The lowest BCUT2D eigenvalue weighted by molar-refractivity contribution is -0.115. The fraction of sp³-hybridized carbons (Fsp3) is 0.0909. The molecule has 4 aromatic carbocycles. The van der Waals surface area contributed by atoms with Gasteiger partial charge in [0.05, 0.1) is 22.6 Å². The number of fused-ring (bicyclic) bond motifs is 1. The van der Waals surface area contributed by atoms with Crippen LogP contribution in [0, 0.1) is 0 Å². The lowest BCUT2D eigenvalue weighted by Crippen LogP contribution is -2.30. The van der Waals surface area contributed by atoms with Crippen LogP contribution in [0.5, 0.6) is 5.75 Å². The van der Waals surface area contributed by atoms with E-state index >= 15 is 0 Å². The summed E-state index contributed by atoms with van der Waals surface area (Å²) in [5.74, 6) is -0.474. The van der Waals surface area contributed by atoms with Gasteiger partial charge in [0.25, 0.3) is 11.8 Å². The molecule has 0 aliphatic heterocycles. The Morgan fingerprint density at radius 2 is 1.65 bits per heavy atom. The second kappa shape index (κ2) is 13.8. The fourth-order valence-electron chi connectivity index (χ4n) is 4.08. The van der Waals surface area contributed by atoms with E-state index in [-0.39, 0.29) is 11.6 Å². The number of nitrogens with zero attached hydrogens (tertiary/aromatic N) is 1. The molecule has 10 heteroatoms. The smallest absolute Gasteiger partial charge is 0.272 e. The van der Waals surface area contributed by atoms with E-state index in [0.717, 1.165) is 15.1 Å². The van der Waals surface area contributed by atoms with Crippen molar-refractivity contribution in [2.45, 2.75) is 17.1 Å². The molecule has 5 aromatic rings. The van der Waals surface area contributed by atoms with Gasteiger partial charge in [-0.05, 0) is 73.2 Å². The van der Waals surface area contributed by atoms with Crippen molar-refractivity contribution in [3.05, 3.63) is 120 Å². The van der Waals surface area contributed by atoms with Crippen LogP contribution in [0.3, 0.4) is 0 Å². The number of methoxy groups -OCH3 is 1. The van der Waals surface area contributed by atoms with E-state index in [2.05, 4.69) is 20.9 Å². The Labute approximate surface area is 257 Å². The van der Waals surface area contributed by atoms with Crippen molar-refractivity contribution in [1.82, 2.24) is 10.3 Å². The van der Waals surface area contributed by atoms with Crippen LogP contribution < -0.4 is 20.7 Å². The normalized spacial score (nSPS) is 11.9. The Balaban J connectivity index is 1.29. The number of carbonyl (C=O) groups is 3. The van der Waals surface area contributed by atoms with Crippen LogP contribution in [0.25, 0.3) is 16.3 Å². The first-order chi connectivity index (χ1) is 20.9. The average molecular weight is 609 g/mol. The standard InChI is InChI=1S/C33H28N4O4S2/c1-21(30(38)37-33-36-27-16-6-7-17-29(27)43-33)42-26-15-9-13-24(20-26)34-32(40)28(19-22-10-8-14-25(18-22)41-2)35-31(39)23-11-4-3-5-12-23/h3-21H,1-2H3,(H,34,40)(H,35,39)(H,36,37,38)/b28-19-. The lowest BCUT2D eigenvalue weighted by atomic mass is 10.1. The zero-order valence-electron chi connectivity index (χ0n) is 23.4. The zero-order chi connectivity index (χ0) is 30.2. The van der Waals surface area contributed by atoms with Gasteiger partial charge in [-0.1, -0.05) is 59.9 Å². The van der Waals surface area contributed by atoms with Gasteiger partial charge in [-0.3, -0.25) is 14.4 Å². The molecule has 0 saturated carbocycles. The van der Waals surface area contributed by atoms with E-state index < -0.39 is 17.1 Å². The Morgan fingerprint density at radius 1 is 0.884 bits per heavy atom. The molecule has 0 spiro atoms. The summed E-state index contributed by atoms with van der Waals surface area (Å²) in [6.07, 6.45) is 1.59. The van der Waals surface area contributed by atoms with Crippen molar-refractivity contribution < 1.29 is 19.1 Å². The molecule has 8 nitrogen and oxygen atoms in total. The first kappa shape index (κ1) is 29.6. The quantitative estimate of drug-likeness (QED) is 0.118. The number of para-hydroxylation sites is 1. The molecule has 0 bridgehead atoms. The minimum Gasteiger partial charge on any atom is -0.497 e. The molecular formula is C33H28N4O4S2. The van der Waals surface area contributed by atoms with Gasteiger partial charge < -0.3 is 20.7 Å². The maximum Gasteiger partial charge on any atom is 0.272 e. The molecule has 1 aromatic heterocycles. The van der Waals surface area contributed by atoms with Crippen molar-refractivity contribution in [2.24, 2.45) is 0 Å². The molecule has 0 radical (unpaired) electrons. The van der Waals surface area contributed by atoms with Gasteiger partial charge in [0.2, 0.25) is 5.91 Å². The first-order valence-corrected chi connectivity index (χ1v) is 15.0. The number of rotatable bonds is 10. The van der Waals surface area contributed by atoms with Gasteiger partial charge in [-0.25, -0.2) is 4.98 Å². The number of hydrogen-bond acceptors (Lipinski definition) is 7. The molecular weight excluding hydrogens is 581 g/mol. The number of benzene rings is 4. The van der Waals surface area contributed by atoms with E-state index in [0.29, 0.717) is 27.7 Å². The van der Waals surface area contributed by atoms with E-state index in [1.807, 2.05) is 49.4 Å². The number of hydrogen-bond donors (Lipinski definition) is 3. The third kappa shape index (κ3) is 7.88. The maximum atomic E-state index is 13.5. The van der Waals surface area contributed by atoms with Crippen molar-refractivity contribution >= 4 is 67.9 Å². The van der Waals surface area contributed by atoms with Crippen LogP contribution in [0.2, 0.25) is 0 Å². The highest BCUT2D eigenvalue weighted by Gasteiger charge is 2.18. The van der Waals surface area contributed by atoms with E-state index in [9.17, 15) is 14.4 Å². The van der Waals surface area contributed by atoms with Gasteiger partial charge in [-0.15, -0.1) is 11.8 Å². The van der Waals surface area contributed by atoms with Crippen molar-refractivity contribution in [3.63, 3.8) is 0 Å². The molecule has 0 aliphatic rings. The molecule has 1 unspecified atom stereocenters. The van der Waals surface area contributed by atoms with Crippen LogP contribution in [0.1, 0.15) is 22.8 Å². The van der Waals surface area contributed by atoms with Crippen molar-refractivity contribution in [2.75, 3.05) is 17.7 Å². The lowest BCUT2D eigenvalue weighted by Gasteiger charge is -2.14. The van der Waals surface area contributed by atoms with Crippen LogP contribution in [0.4, 0.5) is 10.8 Å². The fourth-order valence-corrected chi connectivity index (χ4v) is 5.87. The van der Waals surface area contributed by atoms with Crippen LogP contribution in [0.15, 0.2) is 114 Å². The van der Waals surface area contributed by atoms with E-state index in [4.69, 9.17) is 4.74 Å². The predicted octanol–water partition coefficient (Wildman–Crippen LogP) is 6.83. The van der Waals surface area contributed by atoms with Gasteiger partial charge in [-0.2, -0.15) is 0 Å². The highest BCUT2D eigenvalue weighted by Crippen LogP contribution is 2.29. The predicted molar refractivity (Wildman–Crippen MR) is 174 cm³/mol. The number of anilines is 2. The van der Waals surface area contributed by atoms with Gasteiger partial charge in [0.15, 0.2) is 5.13 Å². The van der Waals surface area contributed by atoms with Crippen molar-refractivity contribution in [3.8, 4) is 5.75 Å². The van der Waals surface area contributed by atoms with Crippen molar-refractivity contribution in [1.29, 1.82) is 0 Å². The summed E-state index contributed by atoms with van der Waals surface area (Å²) in [7, 11) is 1.56. The highest BCUT2D eigenvalue weighted by molar-refractivity contribution is 8.00. The molecule has 0 saturated heterocycles. The molecule has 5 rings (SSSR count). The van der Waals surface area contributed by atoms with E-state index in [1.165, 1.54) is 23.1 Å². The molecule has 0 fully saturated rings. The Bertz CT molecular complexity index is 1770. The summed E-state index contributed by atoms with van der Waals surface area (Å²) in [5.41, 5.74) is 2.51. The largest absolute Gasteiger partial charge is 0.497 e. The van der Waals surface area contributed by atoms with E-state index in [1.54, 1.807) is 73.8 Å². The van der Waals surface area contributed by atoms with Gasteiger partial charge in [0, 0.05) is 16.1 Å². The second-order valence-corrected chi connectivity index (χ2v) is 11.8. The van der Waals surface area contributed by atoms with Crippen LogP contribution in [-0.2, 0) is 9.59 Å². The number of carbonyl (C=O) groups excluding carboxylic acids is 3. The molecule has 1 heterocycles. The second-order valence-electron chi connectivity index (χ2n) is 9.37. The summed E-state index contributed by atoms with van der Waals surface area (Å²) >= 11 is 2.78. The summed E-state index contributed by atoms with van der Waals surface area (Å²) in [5, 5.41) is 8.63. The number of thiazole rings is 1. The first-order valence-electron chi connectivity index (χ1n) is 13.3. The minimum atomic E-state index is -0.504. The molecule has 0 aliphatic carbocycles. The minimum absolute atomic E-state index is 0.0590. The summed E-state index contributed by atoms with van der Waals surface area (Å²) < 4.78 is 6.30. The molecule has 3 N–H and O–H groups in total. The summed E-state index contributed by atoms with van der Waals surface area (Å²) in [6.45, 7) is 1.81. The number of aromatic nitrogens is 1. The highest BCUT2D eigenvalue weighted by atomic mass is 32.2. The topological polar surface area (TPSA) is 109 Å². The number of thioether (sulfide) groups is 1. The molecule has 3 amide bonds. The molecule has 1 atom stereocenters. The molecule has 43 heavy (non-hydrogen) atoms. The summed E-state index contributed by atoms with van der Waals surface area (Å²) in [4.78, 5) is 44.6. The van der Waals surface area contributed by atoms with Gasteiger partial charge >= 0.3 is 0 Å². The number of ether oxygens (including phenoxy) is 1. The molecule has 216 valence electrons. The third-order valence-electron chi connectivity index (χ3n) is 6.23. The number of amides is 3. The third-order valence-corrected chi connectivity index (χ3v) is 8.28. The van der Waals surface area contributed by atoms with Crippen LogP contribution >= 0.6 is 23.1 Å². The summed E-state index contributed by atoms with van der Waals surface area (Å²) in [6, 6.07) is 30.7. The maximum absolute atomic E-state index is 13.5. The zero-order valence-corrected chi connectivity index (χ0v) is 25.0. The average Bonchev–Trinajstić information content (AvgIpc) is 3.43. The van der Waals surface area contributed by atoms with Crippen LogP contribution in [-0.4, -0.2) is 35.1 Å². The SMILES string of the molecule is COc1cccc(/C=C(\NC(=O)c2ccccc2)C(=O)Nc2cccc(SC(C)C(=O)Nc3nc4ccccc4s3)c2)c1. The Kier molecular flexibility index (Phi) is 9.50. The van der Waals surface area contributed by atoms with Gasteiger partial charge in [0.1, 0.15) is 11.4 Å². The Hall–Kier alpha value is -4.93. The Morgan fingerprint density at radius 3 is 2.44 bits per heavy atom.